The smallest absolute Gasteiger partial charge is 0.248 e. The van der Waals surface area contributed by atoms with Crippen molar-refractivity contribution in [3.63, 3.8) is 0 Å². The zero-order valence-electron chi connectivity index (χ0n) is 25.8. The lowest BCUT2D eigenvalue weighted by atomic mass is 9.80. The second-order valence-electron chi connectivity index (χ2n) is 13.5. The van der Waals surface area contributed by atoms with E-state index in [1.165, 1.54) is 30.4 Å². The van der Waals surface area contributed by atoms with E-state index in [4.69, 9.17) is 0 Å². The van der Waals surface area contributed by atoms with Crippen molar-refractivity contribution in [3.05, 3.63) is 68.8 Å². The molecular formula is C34H48IN5O2. The average Bonchev–Trinajstić information content (AvgIpc) is 3.36. The van der Waals surface area contributed by atoms with Crippen molar-refractivity contribution >= 4 is 34.4 Å². The third-order valence-electron chi connectivity index (χ3n) is 9.49. The summed E-state index contributed by atoms with van der Waals surface area (Å²) in [5.41, 5.74) is 2.63. The Hall–Kier alpha value is -2.01. The van der Waals surface area contributed by atoms with Gasteiger partial charge in [-0.05, 0) is 97.1 Å². The van der Waals surface area contributed by atoms with E-state index in [1.54, 1.807) is 0 Å². The van der Waals surface area contributed by atoms with E-state index in [2.05, 4.69) is 100 Å². The van der Waals surface area contributed by atoms with E-state index in [0.29, 0.717) is 31.8 Å². The normalized spacial score (nSPS) is 24.8. The van der Waals surface area contributed by atoms with Gasteiger partial charge in [-0.2, -0.15) is 0 Å². The summed E-state index contributed by atoms with van der Waals surface area (Å²) >= 11 is 2.30. The Bertz CT molecular complexity index is 1240. The largest absolute Gasteiger partial charge is 0.342 e. The molecule has 5 rings (SSSR count). The molecule has 3 unspecified atom stereocenters. The molecule has 228 valence electrons. The minimum atomic E-state index is -1.02. The predicted molar refractivity (Wildman–Crippen MR) is 177 cm³/mol. The molecule has 2 N–H and O–H groups in total. The van der Waals surface area contributed by atoms with E-state index in [9.17, 15) is 9.59 Å². The van der Waals surface area contributed by atoms with E-state index in [1.807, 2.05) is 24.0 Å². The van der Waals surface area contributed by atoms with Crippen molar-refractivity contribution in [3.8, 4) is 0 Å². The number of piperidine rings is 1. The van der Waals surface area contributed by atoms with Crippen LogP contribution in [-0.2, 0) is 22.6 Å². The number of carbonyl (C=O) groups is 2. The molecule has 0 spiro atoms. The van der Waals surface area contributed by atoms with E-state index in [0.717, 1.165) is 41.9 Å². The Morgan fingerprint density at radius 2 is 1.79 bits per heavy atom. The fraction of sp³-hybridized carbons (Fsp3) is 0.588. The van der Waals surface area contributed by atoms with Gasteiger partial charge in [0.1, 0.15) is 5.54 Å². The molecule has 2 saturated heterocycles. The van der Waals surface area contributed by atoms with Gasteiger partial charge in [0.05, 0.1) is 0 Å². The summed E-state index contributed by atoms with van der Waals surface area (Å²) in [5.74, 6) is 0.558. The van der Waals surface area contributed by atoms with Gasteiger partial charge in [-0.25, -0.2) is 0 Å². The molecular weight excluding hydrogens is 637 g/mol. The number of nitrogens with one attached hydrogen (secondary N) is 2. The van der Waals surface area contributed by atoms with Gasteiger partial charge in [-0.1, -0.05) is 50.2 Å². The highest BCUT2D eigenvalue weighted by molar-refractivity contribution is 14.1. The molecule has 0 radical (unpaired) electrons. The quantitative estimate of drug-likeness (QED) is 0.378. The van der Waals surface area contributed by atoms with Crippen molar-refractivity contribution in [2.75, 3.05) is 46.3 Å². The summed E-state index contributed by atoms with van der Waals surface area (Å²) in [6.45, 7) is 12.7. The van der Waals surface area contributed by atoms with Crippen LogP contribution < -0.4 is 10.6 Å². The van der Waals surface area contributed by atoms with Crippen LogP contribution in [0.25, 0.3) is 0 Å². The number of nitrogens with zero attached hydrogens (tertiary/aromatic N) is 3. The Kier molecular flexibility index (Phi) is 9.97. The molecule has 3 aliphatic heterocycles. The third-order valence-corrected chi connectivity index (χ3v) is 10.2. The van der Waals surface area contributed by atoms with E-state index in [-0.39, 0.29) is 23.4 Å². The lowest BCUT2D eigenvalue weighted by Gasteiger charge is -2.53. The number of amides is 2. The number of fused-ring (bicyclic) bond motifs is 1. The van der Waals surface area contributed by atoms with Crippen LogP contribution in [0.1, 0.15) is 69.2 Å². The van der Waals surface area contributed by atoms with Crippen LogP contribution in [0.4, 0.5) is 0 Å². The van der Waals surface area contributed by atoms with E-state index < -0.39 is 5.54 Å². The first-order chi connectivity index (χ1) is 20.1. The van der Waals surface area contributed by atoms with Crippen molar-refractivity contribution in [1.82, 2.24) is 25.3 Å². The minimum absolute atomic E-state index is 0.0208. The van der Waals surface area contributed by atoms with Crippen molar-refractivity contribution in [2.45, 2.75) is 76.5 Å². The number of piperazine rings is 1. The Morgan fingerprint density at radius 1 is 1.07 bits per heavy atom. The zero-order chi connectivity index (χ0) is 29.9. The molecule has 8 heteroatoms. The summed E-state index contributed by atoms with van der Waals surface area (Å²) in [6, 6.07) is 16.5. The van der Waals surface area contributed by atoms with Gasteiger partial charge < -0.3 is 20.4 Å². The van der Waals surface area contributed by atoms with Gasteiger partial charge in [-0.3, -0.25) is 14.5 Å². The monoisotopic (exact) mass is 685 g/mol. The van der Waals surface area contributed by atoms with Gasteiger partial charge in [-0.15, -0.1) is 0 Å². The fourth-order valence-electron chi connectivity index (χ4n) is 7.67. The SMILES string of the molecule is CC(C)CC1(N2CCN(C(=O)C(C)(Cc3ccc(I)cc3)NC(=O)CC3NCc4ccccc43)CC2)CCCN(C)C1. The van der Waals surface area contributed by atoms with Gasteiger partial charge in [0.2, 0.25) is 11.8 Å². The first-order valence-electron chi connectivity index (χ1n) is 15.7. The fourth-order valence-corrected chi connectivity index (χ4v) is 8.03. The molecule has 42 heavy (non-hydrogen) atoms. The number of likely N-dealkylation sites (N-methyl/N-ethyl adjacent to an activating group) is 1. The van der Waals surface area contributed by atoms with Gasteiger partial charge in [0.25, 0.3) is 0 Å². The summed E-state index contributed by atoms with van der Waals surface area (Å²) in [4.78, 5) is 35.0. The lowest BCUT2D eigenvalue weighted by molar-refractivity contribution is -0.144. The summed E-state index contributed by atoms with van der Waals surface area (Å²) in [6.07, 6.45) is 4.41. The van der Waals surface area contributed by atoms with Crippen LogP contribution in [0.2, 0.25) is 0 Å². The van der Waals surface area contributed by atoms with Gasteiger partial charge >= 0.3 is 0 Å². The Morgan fingerprint density at radius 3 is 2.48 bits per heavy atom. The molecule has 0 saturated carbocycles. The number of halogens is 1. The van der Waals surface area contributed by atoms with Crippen LogP contribution in [0.5, 0.6) is 0 Å². The number of benzene rings is 2. The second kappa shape index (κ2) is 13.3. The zero-order valence-corrected chi connectivity index (χ0v) is 28.0. The predicted octanol–water partition coefficient (Wildman–Crippen LogP) is 4.60. The van der Waals surface area contributed by atoms with Crippen molar-refractivity contribution in [2.24, 2.45) is 5.92 Å². The molecule has 0 aromatic heterocycles. The number of likely N-dealkylation sites (tertiary alicyclic amines) is 1. The summed E-state index contributed by atoms with van der Waals surface area (Å²) in [7, 11) is 2.24. The van der Waals surface area contributed by atoms with Crippen LogP contribution in [0.3, 0.4) is 0 Å². The van der Waals surface area contributed by atoms with E-state index >= 15 is 0 Å². The maximum absolute atomic E-state index is 14.3. The lowest BCUT2D eigenvalue weighted by Crippen LogP contribution is -2.66. The standard InChI is InChI=1S/C34H48IN5O2/c1-25(2)21-34(14-7-15-38(4)24-34)40-18-16-39(17-19-40)32(42)33(3,22-26-10-12-28(35)13-11-26)37-31(41)20-30-29-9-6-5-8-27(29)23-36-30/h5-6,8-13,25,30,36H,7,14-24H2,1-4H3,(H,37,41). The maximum atomic E-state index is 14.3. The first kappa shape index (κ1) is 31.4. The van der Waals surface area contributed by atoms with Gasteiger partial charge in [0, 0.05) is 67.3 Å². The van der Waals surface area contributed by atoms with Gasteiger partial charge in [0.15, 0.2) is 0 Å². The molecule has 0 aliphatic carbocycles. The van der Waals surface area contributed by atoms with Crippen LogP contribution >= 0.6 is 22.6 Å². The Labute approximate surface area is 265 Å². The summed E-state index contributed by atoms with van der Waals surface area (Å²) in [5, 5.41) is 6.71. The number of hydrogen-bond acceptors (Lipinski definition) is 5. The van der Waals surface area contributed by atoms with Crippen LogP contribution in [0, 0.1) is 9.49 Å². The highest BCUT2D eigenvalue weighted by atomic mass is 127. The molecule has 2 aromatic carbocycles. The molecule has 2 aromatic rings. The number of hydrogen-bond donors (Lipinski definition) is 2. The second-order valence-corrected chi connectivity index (χ2v) is 14.7. The van der Waals surface area contributed by atoms with Crippen LogP contribution in [-0.4, -0.2) is 83.9 Å². The average molecular weight is 686 g/mol. The molecule has 7 nitrogen and oxygen atoms in total. The highest BCUT2D eigenvalue weighted by Crippen LogP contribution is 2.35. The topological polar surface area (TPSA) is 67.9 Å². The molecule has 3 heterocycles. The number of rotatable bonds is 9. The third kappa shape index (κ3) is 7.20. The van der Waals surface area contributed by atoms with Crippen molar-refractivity contribution in [1.29, 1.82) is 0 Å². The van der Waals surface area contributed by atoms with Crippen LogP contribution in [0.15, 0.2) is 48.5 Å². The first-order valence-corrected chi connectivity index (χ1v) is 16.7. The summed E-state index contributed by atoms with van der Waals surface area (Å²) < 4.78 is 1.15. The molecule has 0 bridgehead atoms. The minimum Gasteiger partial charge on any atom is -0.342 e. The molecule has 2 amide bonds. The molecule has 3 aliphatic rings. The highest BCUT2D eigenvalue weighted by Gasteiger charge is 2.44. The number of carbonyl (C=O) groups excluding carboxylic acids is 2. The maximum Gasteiger partial charge on any atom is 0.248 e. The Balaban J connectivity index is 1.30. The molecule has 3 atom stereocenters. The van der Waals surface area contributed by atoms with Crippen molar-refractivity contribution < 1.29 is 9.59 Å². The molecule has 2 fully saturated rings.